The van der Waals surface area contributed by atoms with Gasteiger partial charge in [-0.05, 0) is 36.5 Å². The maximum atomic E-state index is 13.7. The Labute approximate surface area is 88.7 Å². The molecule has 0 heterocycles. The van der Waals surface area contributed by atoms with Gasteiger partial charge in [0.2, 0.25) is 0 Å². The van der Waals surface area contributed by atoms with Crippen LogP contribution in [0.1, 0.15) is 36.5 Å². The molecule has 82 valence electrons. The van der Waals surface area contributed by atoms with E-state index in [1.165, 1.54) is 13.2 Å². The molecular weight excluding hydrogens is 195 g/mol. The fraction of sp³-hybridized carbons (Fsp3) is 0.500. The highest BCUT2D eigenvalue weighted by atomic mass is 19.1. The fourth-order valence-electron chi connectivity index (χ4n) is 2.11. The van der Waals surface area contributed by atoms with Crippen molar-refractivity contribution in [3.8, 4) is 5.75 Å². The zero-order chi connectivity index (χ0) is 10.8. The van der Waals surface area contributed by atoms with Gasteiger partial charge >= 0.3 is 0 Å². The minimum absolute atomic E-state index is 0.259. The van der Waals surface area contributed by atoms with Gasteiger partial charge in [0, 0.05) is 6.07 Å². The molecule has 2 nitrogen and oxygen atoms in total. The molecule has 0 aromatic heterocycles. The van der Waals surface area contributed by atoms with Gasteiger partial charge in [0.1, 0.15) is 11.6 Å². The molecule has 1 aliphatic carbocycles. The average Bonchev–Trinajstić information content (AvgIpc) is 2.41. The van der Waals surface area contributed by atoms with Crippen LogP contribution in [0.3, 0.4) is 0 Å². The second-order valence-corrected chi connectivity index (χ2v) is 3.94. The Morgan fingerprint density at radius 2 is 2.20 bits per heavy atom. The van der Waals surface area contributed by atoms with Crippen LogP contribution in [-0.4, -0.2) is 12.2 Å². The summed E-state index contributed by atoms with van der Waals surface area (Å²) in [5, 5.41) is 9.86. The highest BCUT2D eigenvalue weighted by Gasteiger charge is 2.20. The van der Waals surface area contributed by atoms with Crippen LogP contribution in [0.15, 0.2) is 12.1 Å². The van der Waals surface area contributed by atoms with Crippen molar-refractivity contribution >= 4 is 0 Å². The van der Waals surface area contributed by atoms with Crippen LogP contribution < -0.4 is 4.74 Å². The van der Waals surface area contributed by atoms with Gasteiger partial charge in [-0.15, -0.1) is 0 Å². The van der Waals surface area contributed by atoms with Gasteiger partial charge < -0.3 is 9.84 Å². The van der Waals surface area contributed by atoms with Crippen molar-refractivity contribution < 1.29 is 14.2 Å². The molecule has 0 saturated carbocycles. The van der Waals surface area contributed by atoms with Crippen molar-refractivity contribution in [3.05, 3.63) is 29.1 Å². The number of hydrogen-bond acceptors (Lipinski definition) is 2. The first-order valence-electron chi connectivity index (χ1n) is 5.26. The number of rotatable bonds is 1. The van der Waals surface area contributed by atoms with Gasteiger partial charge in [-0.25, -0.2) is 4.39 Å². The Kier molecular flexibility index (Phi) is 2.91. The molecule has 0 saturated heterocycles. The summed E-state index contributed by atoms with van der Waals surface area (Å²) in [5.74, 6) is 0.220. The Morgan fingerprint density at radius 3 is 2.93 bits per heavy atom. The molecule has 0 fully saturated rings. The van der Waals surface area contributed by atoms with Crippen molar-refractivity contribution in [1.82, 2.24) is 0 Å². The molecule has 0 spiro atoms. The van der Waals surface area contributed by atoms with E-state index < -0.39 is 6.10 Å². The van der Waals surface area contributed by atoms with Gasteiger partial charge in [0.25, 0.3) is 0 Å². The molecule has 0 amide bonds. The van der Waals surface area contributed by atoms with E-state index in [-0.39, 0.29) is 5.82 Å². The fourth-order valence-corrected chi connectivity index (χ4v) is 2.11. The van der Waals surface area contributed by atoms with Crippen LogP contribution >= 0.6 is 0 Å². The zero-order valence-electron chi connectivity index (χ0n) is 8.79. The van der Waals surface area contributed by atoms with E-state index in [0.29, 0.717) is 29.7 Å². The maximum absolute atomic E-state index is 13.7. The molecule has 0 bridgehead atoms. The standard InChI is InChI=1S/C12H15FO2/c1-15-8-6-10-9(11(13)7-8)4-2-3-5-12(10)14/h6-7,12,14H,2-5H2,1H3/t12-/m1/s1. The summed E-state index contributed by atoms with van der Waals surface area (Å²) in [5.41, 5.74) is 1.35. The van der Waals surface area contributed by atoms with Crippen molar-refractivity contribution in [1.29, 1.82) is 0 Å². The molecule has 1 aliphatic rings. The summed E-state index contributed by atoms with van der Waals surface area (Å²) >= 11 is 0. The van der Waals surface area contributed by atoms with Crippen LogP contribution in [0.25, 0.3) is 0 Å². The number of halogens is 1. The smallest absolute Gasteiger partial charge is 0.130 e. The van der Waals surface area contributed by atoms with Crippen LogP contribution in [-0.2, 0) is 6.42 Å². The van der Waals surface area contributed by atoms with Gasteiger partial charge in [-0.3, -0.25) is 0 Å². The van der Waals surface area contributed by atoms with E-state index in [4.69, 9.17) is 4.74 Å². The highest BCUT2D eigenvalue weighted by molar-refractivity contribution is 5.39. The molecule has 3 heteroatoms. The van der Waals surface area contributed by atoms with E-state index in [1.807, 2.05) is 0 Å². The van der Waals surface area contributed by atoms with Crippen molar-refractivity contribution in [2.24, 2.45) is 0 Å². The predicted molar refractivity (Wildman–Crippen MR) is 55.5 cm³/mol. The molecule has 0 radical (unpaired) electrons. The molecule has 0 aliphatic heterocycles. The second kappa shape index (κ2) is 4.19. The molecule has 1 aromatic carbocycles. The largest absolute Gasteiger partial charge is 0.497 e. The quantitative estimate of drug-likeness (QED) is 0.722. The SMILES string of the molecule is COc1cc(F)c2c(c1)[C@H](O)CCCC2. The summed E-state index contributed by atoms with van der Waals surface area (Å²) in [6.07, 6.45) is 2.75. The zero-order valence-corrected chi connectivity index (χ0v) is 8.79. The van der Waals surface area contributed by atoms with Crippen LogP contribution in [0.5, 0.6) is 5.75 Å². The average molecular weight is 210 g/mol. The molecule has 1 N–H and O–H groups in total. The van der Waals surface area contributed by atoms with Gasteiger partial charge in [-0.1, -0.05) is 6.42 Å². The summed E-state index contributed by atoms with van der Waals surface area (Å²) in [6.45, 7) is 0. The lowest BCUT2D eigenvalue weighted by Crippen LogP contribution is -2.02. The van der Waals surface area contributed by atoms with Crippen LogP contribution in [0.4, 0.5) is 4.39 Å². The van der Waals surface area contributed by atoms with E-state index in [2.05, 4.69) is 0 Å². The van der Waals surface area contributed by atoms with E-state index in [0.717, 1.165) is 12.8 Å². The third kappa shape index (κ3) is 1.97. The Bertz CT molecular complexity index is 363. The van der Waals surface area contributed by atoms with E-state index in [9.17, 15) is 9.50 Å². The molecule has 1 aromatic rings. The lowest BCUT2D eigenvalue weighted by molar-refractivity contribution is 0.166. The van der Waals surface area contributed by atoms with E-state index in [1.54, 1.807) is 6.07 Å². The first-order chi connectivity index (χ1) is 7.22. The topological polar surface area (TPSA) is 29.5 Å². The molecule has 1 atom stereocenters. The predicted octanol–water partition coefficient (Wildman–Crippen LogP) is 2.59. The number of methoxy groups -OCH3 is 1. The molecular formula is C12H15FO2. The first kappa shape index (κ1) is 10.4. The number of aliphatic hydroxyl groups is 1. The normalized spacial score (nSPS) is 20.6. The molecule has 2 rings (SSSR count). The Morgan fingerprint density at radius 1 is 1.40 bits per heavy atom. The number of benzene rings is 1. The third-order valence-corrected chi connectivity index (χ3v) is 2.95. The van der Waals surface area contributed by atoms with Gasteiger partial charge in [-0.2, -0.15) is 0 Å². The van der Waals surface area contributed by atoms with Crippen molar-refractivity contribution in [2.75, 3.05) is 7.11 Å². The number of hydrogen-bond donors (Lipinski definition) is 1. The maximum Gasteiger partial charge on any atom is 0.130 e. The van der Waals surface area contributed by atoms with E-state index >= 15 is 0 Å². The second-order valence-electron chi connectivity index (χ2n) is 3.94. The number of fused-ring (bicyclic) bond motifs is 1. The number of ether oxygens (including phenoxy) is 1. The minimum Gasteiger partial charge on any atom is -0.497 e. The number of aliphatic hydroxyl groups excluding tert-OH is 1. The summed E-state index contributed by atoms with van der Waals surface area (Å²) in [4.78, 5) is 0. The summed E-state index contributed by atoms with van der Waals surface area (Å²) < 4.78 is 18.7. The molecule has 0 unspecified atom stereocenters. The summed E-state index contributed by atoms with van der Waals surface area (Å²) in [6, 6.07) is 3.13. The summed E-state index contributed by atoms with van der Waals surface area (Å²) in [7, 11) is 1.50. The lowest BCUT2D eigenvalue weighted by Gasteiger charge is -2.13. The van der Waals surface area contributed by atoms with Crippen LogP contribution in [0, 0.1) is 5.82 Å². The lowest BCUT2D eigenvalue weighted by atomic mass is 10.00. The minimum atomic E-state index is -0.549. The highest BCUT2D eigenvalue weighted by Crippen LogP contribution is 2.33. The van der Waals surface area contributed by atoms with Crippen molar-refractivity contribution in [2.45, 2.75) is 31.8 Å². The third-order valence-electron chi connectivity index (χ3n) is 2.95. The Balaban J connectivity index is 2.50. The Hall–Kier alpha value is -1.09. The molecule has 15 heavy (non-hydrogen) atoms. The first-order valence-corrected chi connectivity index (χ1v) is 5.26. The van der Waals surface area contributed by atoms with Crippen LogP contribution in [0.2, 0.25) is 0 Å². The van der Waals surface area contributed by atoms with Crippen molar-refractivity contribution in [3.63, 3.8) is 0 Å². The van der Waals surface area contributed by atoms with Gasteiger partial charge in [0.15, 0.2) is 0 Å². The van der Waals surface area contributed by atoms with Gasteiger partial charge in [0.05, 0.1) is 13.2 Å². The monoisotopic (exact) mass is 210 g/mol.